The molecule has 0 bridgehead atoms. The predicted octanol–water partition coefficient (Wildman–Crippen LogP) is 1.47. The van der Waals surface area contributed by atoms with Crippen molar-refractivity contribution in [1.82, 2.24) is 0 Å². The van der Waals surface area contributed by atoms with Crippen LogP contribution in [0.25, 0.3) is 0 Å². The van der Waals surface area contributed by atoms with E-state index in [-0.39, 0.29) is 17.1 Å². The van der Waals surface area contributed by atoms with Gasteiger partial charge in [0.15, 0.2) is 11.5 Å². The Morgan fingerprint density at radius 1 is 1.47 bits per heavy atom. The maximum atomic E-state index is 9.59. The molecule has 0 atom stereocenters. The van der Waals surface area contributed by atoms with E-state index in [0.29, 0.717) is 0 Å². The number of phenolic OH excluding ortho intramolecular Hbond substituents is 1. The molecule has 0 fully saturated rings. The number of nitrogens with two attached hydrogens (primary N) is 1. The summed E-state index contributed by atoms with van der Waals surface area (Å²) in [6, 6.07) is 5.10. The number of methoxy groups -OCH3 is 1. The highest BCUT2D eigenvalue weighted by atomic mass is 16.5. The van der Waals surface area contributed by atoms with Crippen LogP contribution >= 0.6 is 0 Å². The summed E-state index contributed by atoms with van der Waals surface area (Å²) >= 11 is 0. The fourth-order valence-corrected chi connectivity index (χ4v) is 1.22. The lowest BCUT2D eigenvalue weighted by Crippen LogP contribution is -2.28. The lowest BCUT2D eigenvalue weighted by Gasteiger charge is -2.20. The van der Waals surface area contributed by atoms with E-state index in [1.807, 2.05) is 19.9 Å². The molecule has 1 rings (SSSR count). The Balaban J connectivity index is 3.42. The minimum absolute atomic E-state index is 0.145. The predicted molar refractivity (Wildman–Crippen MR) is 56.6 cm³/mol. The standard InChI is InChI=1S/C11H14N2O2/c1-11(2,13)8-4-7(6-12)10(14)9(5-8)15-3/h4-5,14H,13H2,1-3H3. The first kappa shape index (κ1) is 11.3. The molecular formula is C11H14N2O2. The normalized spacial score (nSPS) is 10.9. The Labute approximate surface area is 88.9 Å². The Morgan fingerprint density at radius 2 is 2.07 bits per heavy atom. The summed E-state index contributed by atoms with van der Waals surface area (Å²) in [4.78, 5) is 0. The van der Waals surface area contributed by atoms with Gasteiger partial charge in [-0.15, -0.1) is 0 Å². The summed E-state index contributed by atoms with van der Waals surface area (Å²) in [5, 5.41) is 18.4. The number of hydrogen-bond donors (Lipinski definition) is 2. The van der Waals surface area contributed by atoms with Crippen molar-refractivity contribution in [2.24, 2.45) is 5.73 Å². The summed E-state index contributed by atoms with van der Waals surface area (Å²) in [6.45, 7) is 3.64. The van der Waals surface area contributed by atoms with E-state index in [1.54, 1.807) is 12.1 Å². The van der Waals surface area contributed by atoms with Crippen molar-refractivity contribution >= 4 is 0 Å². The van der Waals surface area contributed by atoms with Gasteiger partial charge in [0.25, 0.3) is 0 Å². The van der Waals surface area contributed by atoms with Crippen LogP contribution in [0.4, 0.5) is 0 Å². The van der Waals surface area contributed by atoms with Crippen LogP contribution in [0.1, 0.15) is 25.0 Å². The molecule has 0 aliphatic rings. The molecule has 4 nitrogen and oxygen atoms in total. The van der Waals surface area contributed by atoms with Crippen molar-refractivity contribution in [1.29, 1.82) is 5.26 Å². The number of benzene rings is 1. The summed E-state index contributed by atoms with van der Waals surface area (Å²) in [7, 11) is 1.43. The lowest BCUT2D eigenvalue weighted by atomic mass is 9.93. The molecule has 0 saturated heterocycles. The van der Waals surface area contributed by atoms with E-state index in [1.165, 1.54) is 7.11 Å². The largest absolute Gasteiger partial charge is 0.503 e. The van der Waals surface area contributed by atoms with Gasteiger partial charge in [-0.2, -0.15) is 5.26 Å². The van der Waals surface area contributed by atoms with E-state index in [4.69, 9.17) is 15.7 Å². The molecule has 0 radical (unpaired) electrons. The average molecular weight is 206 g/mol. The van der Waals surface area contributed by atoms with E-state index >= 15 is 0 Å². The molecule has 0 heterocycles. The highest BCUT2D eigenvalue weighted by Crippen LogP contribution is 2.33. The van der Waals surface area contributed by atoms with Crippen LogP contribution in [0, 0.1) is 11.3 Å². The number of phenols is 1. The topological polar surface area (TPSA) is 79.3 Å². The van der Waals surface area contributed by atoms with Gasteiger partial charge in [0.1, 0.15) is 6.07 Å². The number of nitrogens with zero attached hydrogens (tertiary/aromatic N) is 1. The number of hydrogen-bond acceptors (Lipinski definition) is 4. The fraction of sp³-hybridized carbons (Fsp3) is 0.364. The van der Waals surface area contributed by atoms with Crippen LogP contribution in [0.2, 0.25) is 0 Å². The lowest BCUT2D eigenvalue weighted by molar-refractivity contribution is 0.370. The van der Waals surface area contributed by atoms with Gasteiger partial charge >= 0.3 is 0 Å². The van der Waals surface area contributed by atoms with E-state index in [9.17, 15) is 5.11 Å². The van der Waals surface area contributed by atoms with Crippen molar-refractivity contribution in [3.8, 4) is 17.6 Å². The molecule has 4 heteroatoms. The molecule has 0 saturated carbocycles. The zero-order valence-electron chi connectivity index (χ0n) is 9.03. The second-order valence-electron chi connectivity index (χ2n) is 3.91. The van der Waals surface area contributed by atoms with E-state index < -0.39 is 5.54 Å². The molecule has 3 N–H and O–H groups in total. The molecule has 0 amide bonds. The van der Waals surface area contributed by atoms with Crippen molar-refractivity contribution in [2.75, 3.05) is 7.11 Å². The molecule has 0 aliphatic heterocycles. The van der Waals surface area contributed by atoms with Crippen molar-refractivity contribution < 1.29 is 9.84 Å². The van der Waals surface area contributed by atoms with Crippen LogP contribution in [-0.2, 0) is 5.54 Å². The van der Waals surface area contributed by atoms with Crippen molar-refractivity contribution in [3.63, 3.8) is 0 Å². The number of nitriles is 1. The third kappa shape index (κ3) is 2.20. The molecule has 1 aromatic rings. The van der Waals surface area contributed by atoms with Gasteiger partial charge in [-0.25, -0.2) is 0 Å². The van der Waals surface area contributed by atoms with Gasteiger partial charge in [-0.05, 0) is 31.5 Å². The second kappa shape index (κ2) is 3.79. The Kier molecular flexibility index (Phi) is 2.87. The molecule has 0 aromatic heterocycles. The smallest absolute Gasteiger partial charge is 0.175 e. The SMILES string of the molecule is COc1cc(C(C)(C)N)cc(C#N)c1O. The Hall–Kier alpha value is -1.73. The molecule has 0 spiro atoms. The summed E-state index contributed by atoms with van der Waals surface area (Å²) < 4.78 is 4.97. The van der Waals surface area contributed by atoms with Crippen molar-refractivity contribution in [3.05, 3.63) is 23.3 Å². The fourth-order valence-electron chi connectivity index (χ4n) is 1.22. The first-order valence-electron chi connectivity index (χ1n) is 4.50. The van der Waals surface area contributed by atoms with Crippen LogP contribution in [0.15, 0.2) is 12.1 Å². The third-order valence-corrected chi connectivity index (χ3v) is 2.16. The highest BCUT2D eigenvalue weighted by molar-refractivity contribution is 5.54. The van der Waals surface area contributed by atoms with Crippen molar-refractivity contribution in [2.45, 2.75) is 19.4 Å². The first-order valence-corrected chi connectivity index (χ1v) is 4.50. The maximum Gasteiger partial charge on any atom is 0.175 e. The summed E-state index contributed by atoms with van der Waals surface area (Å²) in [6.07, 6.45) is 0. The highest BCUT2D eigenvalue weighted by Gasteiger charge is 2.19. The van der Waals surface area contributed by atoms with Gasteiger partial charge < -0.3 is 15.6 Å². The van der Waals surface area contributed by atoms with E-state index in [2.05, 4.69) is 0 Å². The summed E-state index contributed by atoms with van der Waals surface area (Å²) in [5.41, 5.74) is 6.24. The quantitative estimate of drug-likeness (QED) is 0.767. The van der Waals surface area contributed by atoms with Gasteiger partial charge in [-0.1, -0.05) is 0 Å². The van der Waals surface area contributed by atoms with Gasteiger partial charge in [0, 0.05) is 5.54 Å². The third-order valence-electron chi connectivity index (χ3n) is 2.16. The molecule has 15 heavy (non-hydrogen) atoms. The van der Waals surface area contributed by atoms with Crippen LogP contribution in [-0.4, -0.2) is 12.2 Å². The monoisotopic (exact) mass is 206 g/mol. The minimum Gasteiger partial charge on any atom is -0.503 e. The van der Waals surface area contributed by atoms with Crippen LogP contribution < -0.4 is 10.5 Å². The Morgan fingerprint density at radius 3 is 2.47 bits per heavy atom. The minimum atomic E-state index is -0.577. The average Bonchev–Trinajstić information content (AvgIpc) is 2.16. The molecule has 0 aliphatic carbocycles. The van der Waals surface area contributed by atoms with E-state index in [0.717, 1.165) is 5.56 Å². The number of aromatic hydroxyl groups is 1. The molecular weight excluding hydrogens is 192 g/mol. The number of rotatable bonds is 2. The van der Waals surface area contributed by atoms with Gasteiger partial charge in [0.05, 0.1) is 12.7 Å². The zero-order valence-corrected chi connectivity index (χ0v) is 9.03. The Bertz CT molecular complexity index is 414. The number of ether oxygens (including phenoxy) is 1. The van der Waals surface area contributed by atoms with Crippen LogP contribution in [0.3, 0.4) is 0 Å². The second-order valence-corrected chi connectivity index (χ2v) is 3.91. The first-order chi connectivity index (χ1) is 6.90. The zero-order chi connectivity index (χ0) is 11.6. The maximum absolute atomic E-state index is 9.59. The molecule has 0 unspecified atom stereocenters. The van der Waals surface area contributed by atoms with Gasteiger partial charge in [-0.3, -0.25) is 0 Å². The van der Waals surface area contributed by atoms with Crippen LogP contribution in [0.5, 0.6) is 11.5 Å². The summed E-state index contributed by atoms with van der Waals surface area (Å²) in [5.74, 6) is 0.121. The van der Waals surface area contributed by atoms with Gasteiger partial charge in [0.2, 0.25) is 0 Å². The molecule has 1 aromatic carbocycles. The molecule has 80 valence electrons.